The lowest BCUT2D eigenvalue weighted by molar-refractivity contribution is -0.131. The van der Waals surface area contributed by atoms with Gasteiger partial charge >= 0.3 is 5.97 Å². The first-order chi connectivity index (χ1) is 10.1. The third-order valence-electron chi connectivity index (χ3n) is 3.11. The van der Waals surface area contributed by atoms with E-state index >= 15 is 0 Å². The number of carbonyl (C=O) groups is 2. The van der Waals surface area contributed by atoms with Crippen molar-refractivity contribution in [2.24, 2.45) is 0 Å². The summed E-state index contributed by atoms with van der Waals surface area (Å²) in [4.78, 5) is 22.3. The Kier molecular flexibility index (Phi) is 3.02. The predicted molar refractivity (Wildman–Crippen MR) is 74.9 cm³/mol. The molecule has 0 fully saturated rings. The van der Waals surface area contributed by atoms with Gasteiger partial charge in [-0.1, -0.05) is 18.2 Å². The molecule has 0 saturated carbocycles. The molecule has 0 spiro atoms. The summed E-state index contributed by atoms with van der Waals surface area (Å²) < 4.78 is 19.1. The van der Waals surface area contributed by atoms with Gasteiger partial charge in [0.25, 0.3) is 0 Å². The average Bonchev–Trinajstić information content (AvgIpc) is 2.83. The molecule has 0 atom stereocenters. The van der Waals surface area contributed by atoms with Gasteiger partial charge in [0, 0.05) is 16.3 Å². The summed E-state index contributed by atoms with van der Waals surface area (Å²) in [5, 5.41) is 9.97. The van der Waals surface area contributed by atoms with Crippen LogP contribution in [-0.2, 0) is 4.79 Å². The number of para-hydroxylation sites is 1. The zero-order chi connectivity index (χ0) is 15.0. The van der Waals surface area contributed by atoms with E-state index in [2.05, 4.69) is 0 Å². The van der Waals surface area contributed by atoms with E-state index in [4.69, 9.17) is 9.52 Å². The number of fused-ring (bicyclic) bond motifs is 3. The number of ketones is 1. The second kappa shape index (κ2) is 4.86. The SMILES string of the molecule is O=C(O)/C=C(\F)C(=O)c1ccc2oc3ccccc3c2c1. The summed E-state index contributed by atoms with van der Waals surface area (Å²) in [7, 11) is 0. The predicted octanol–water partition coefficient (Wildman–Crippen LogP) is 3.71. The molecule has 3 aromatic rings. The monoisotopic (exact) mass is 284 g/mol. The highest BCUT2D eigenvalue weighted by atomic mass is 19.1. The van der Waals surface area contributed by atoms with Crippen LogP contribution in [0.15, 0.2) is 58.8 Å². The summed E-state index contributed by atoms with van der Waals surface area (Å²) in [6.45, 7) is 0. The van der Waals surface area contributed by atoms with Gasteiger partial charge in [0.1, 0.15) is 11.2 Å². The molecule has 1 heterocycles. The van der Waals surface area contributed by atoms with E-state index in [1.165, 1.54) is 12.1 Å². The minimum atomic E-state index is -1.50. The van der Waals surface area contributed by atoms with Gasteiger partial charge in [0.15, 0.2) is 5.83 Å². The molecule has 4 nitrogen and oxygen atoms in total. The Hall–Kier alpha value is -2.95. The Morgan fingerprint density at radius 1 is 1.05 bits per heavy atom. The Balaban J connectivity index is 2.14. The van der Waals surface area contributed by atoms with Crippen LogP contribution < -0.4 is 0 Å². The van der Waals surface area contributed by atoms with E-state index in [9.17, 15) is 14.0 Å². The smallest absolute Gasteiger partial charge is 0.331 e. The van der Waals surface area contributed by atoms with Crippen molar-refractivity contribution in [2.75, 3.05) is 0 Å². The Morgan fingerprint density at radius 3 is 2.52 bits per heavy atom. The number of aliphatic carboxylic acids is 1. The molecule has 0 aliphatic heterocycles. The molecular formula is C16H9FO4. The van der Waals surface area contributed by atoms with Gasteiger partial charge in [-0.25, -0.2) is 9.18 Å². The number of carbonyl (C=O) groups excluding carboxylic acids is 1. The average molecular weight is 284 g/mol. The quantitative estimate of drug-likeness (QED) is 0.588. The van der Waals surface area contributed by atoms with Gasteiger partial charge in [-0.2, -0.15) is 0 Å². The minimum Gasteiger partial charge on any atom is -0.478 e. The van der Waals surface area contributed by atoms with Crippen LogP contribution in [0.25, 0.3) is 21.9 Å². The number of carboxylic acids is 1. The van der Waals surface area contributed by atoms with E-state index in [1.807, 2.05) is 18.2 Å². The number of benzene rings is 2. The number of allylic oxidation sites excluding steroid dienone is 1. The van der Waals surface area contributed by atoms with Crippen LogP contribution >= 0.6 is 0 Å². The van der Waals surface area contributed by atoms with Crippen LogP contribution in [0.5, 0.6) is 0 Å². The maximum absolute atomic E-state index is 13.5. The van der Waals surface area contributed by atoms with Gasteiger partial charge < -0.3 is 9.52 Å². The van der Waals surface area contributed by atoms with Gasteiger partial charge in [-0.05, 0) is 24.3 Å². The molecule has 0 radical (unpaired) electrons. The van der Waals surface area contributed by atoms with Crippen molar-refractivity contribution in [3.63, 3.8) is 0 Å². The molecule has 0 unspecified atom stereocenters. The van der Waals surface area contributed by atoms with Crippen LogP contribution in [0.1, 0.15) is 10.4 Å². The zero-order valence-corrected chi connectivity index (χ0v) is 10.7. The molecule has 0 saturated heterocycles. The maximum atomic E-state index is 13.5. The molecule has 0 amide bonds. The molecule has 1 aromatic heterocycles. The van der Waals surface area contributed by atoms with E-state index in [-0.39, 0.29) is 11.6 Å². The Bertz CT molecular complexity index is 905. The van der Waals surface area contributed by atoms with Crippen LogP contribution in [0.3, 0.4) is 0 Å². The number of carboxylic acid groups (broad SMARTS) is 1. The molecule has 1 N–H and O–H groups in total. The van der Waals surface area contributed by atoms with Crippen molar-refractivity contribution in [1.82, 2.24) is 0 Å². The number of halogens is 1. The molecule has 5 heteroatoms. The largest absolute Gasteiger partial charge is 0.478 e. The van der Waals surface area contributed by atoms with Gasteiger partial charge in [0.2, 0.25) is 5.78 Å². The Morgan fingerprint density at radius 2 is 1.76 bits per heavy atom. The second-order valence-electron chi connectivity index (χ2n) is 4.47. The van der Waals surface area contributed by atoms with Crippen molar-refractivity contribution in [1.29, 1.82) is 0 Å². The lowest BCUT2D eigenvalue weighted by atomic mass is 10.1. The van der Waals surface area contributed by atoms with Gasteiger partial charge in [-0.15, -0.1) is 0 Å². The van der Waals surface area contributed by atoms with Crippen LogP contribution in [0.4, 0.5) is 4.39 Å². The van der Waals surface area contributed by atoms with Gasteiger partial charge in [-0.3, -0.25) is 4.79 Å². The fraction of sp³-hybridized carbons (Fsp3) is 0. The molecule has 0 bridgehead atoms. The summed E-state index contributed by atoms with van der Waals surface area (Å²) in [6.07, 6.45) is 0.250. The summed E-state index contributed by atoms with van der Waals surface area (Å²) >= 11 is 0. The third kappa shape index (κ3) is 2.29. The highest BCUT2D eigenvalue weighted by molar-refractivity contribution is 6.13. The minimum absolute atomic E-state index is 0.0732. The molecule has 3 rings (SSSR count). The first kappa shape index (κ1) is 13.1. The molecule has 0 aliphatic rings. The van der Waals surface area contributed by atoms with Crippen molar-refractivity contribution in [3.05, 3.63) is 59.9 Å². The highest BCUT2D eigenvalue weighted by Crippen LogP contribution is 2.29. The van der Waals surface area contributed by atoms with E-state index < -0.39 is 17.6 Å². The second-order valence-corrected chi connectivity index (χ2v) is 4.47. The van der Waals surface area contributed by atoms with Crippen molar-refractivity contribution < 1.29 is 23.5 Å². The number of hydrogen-bond acceptors (Lipinski definition) is 3. The fourth-order valence-corrected chi connectivity index (χ4v) is 2.18. The van der Waals surface area contributed by atoms with E-state index in [0.717, 1.165) is 5.39 Å². The number of hydrogen-bond donors (Lipinski definition) is 1. The zero-order valence-electron chi connectivity index (χ0n) is 10.7. The van der Waals surface area contributed by atoms with E-state index in [1.54, 1.807) is 12.1 Å². The summed E-state index contributed by atoms with van der Waals surface area (Å²) in [5.41, 5.74) is 1.32. The van der Waals surface area contributed by atoms with E-state index in [0.29, 0.717) is 16.6 Å². The van der Waals surface area contributed by atoms with Crippen LogP contribution in [0, 0.1) is 0 Å². The maximum Gasteiger partial charge on any atom is 0.331 e. The fourth-order valence-electron chi connectivity index (χ4n) is 2.18. The van der Waals surface area contributed by atoms with Gasteiger partial charge in [0.05, 0.1) is 6.08 Å². The van der Waals surface area contributed by atoms with Crippen molar-refractivity contribution in [2.45, 2.75) is 0 Å². The number of furan rings is 1. The first-order valence-electron chi connectivity index (χ1n) is 6.12. The Labute approximate surface area is 118 Å². The summed E-state index contributed by atoms with van der Waals surface area (Å²) in [6, 6.07) is 11.8. The van der Waals surface area contributed by atoms with Crippen molar-refractivity contribution in [3.8, 4) is 0 Å². The molecular weight excluding hydrogens is 275 g/mol. The first-order valence-corrected chi connectivity index (χ1v) is 6.12. The molecule has 0 aliphatic carbocycles. The highest BCUT2D eigenvalue weighted by Gasteiger charge is 2.15. The standard InChI is InChI=1S/C16H9FO4/c17-12(8-15(18)19)16(20)9-5-6-14-11(7-9)10-3-1-2-4-13(10)21-14/h1-8H,(H,18,19)/b12-8-. The van der Waals surface area contributed by atoms with Crippen molar-refractivity contribution >= 4 is 33.7 Å². The molecule has 104 valence electrons. The lowest BCUT2D eigenvalue weighted by Gasteiger charge is -1.98. The van der Waals surface area contributed by atoms with Crippen LogP contribution in [-0.4, -0.2) is 16.9 Å². The summed E-state index contributed by atoms with van der Waals surface area (Å²) in [5.74, 6) is -3.78. The molecule has 21 heavy (non-hydrogen) atoms. The number of Topliss-reactive ketones (excluding diaryl/α,β-unsaturated/α-hetero) is 1. The number of rotatable bonds is 3. The topological polar surface area (TPSA) is 67.5 Å². The normalized spacial score (nSPS) is 12.0. The van der Waals surface area contributed by atoms with Crippen LogP contribution in [0.2, 0.25) is 0 Å². The molecule has 2 aromatic carbocycles. The third-order valence-corrected chi connectivity index (χ3v) is 3.11. The lowest BCUT2D eigenvalue weighted by Crippen LogP contribution is -2.02.